The van der Waals surface area contributed by atoms with E-state index in [1.807, 2.05) is 13.0 Å². The molecule has 1 aromatic heterocycles. The third-order valence-corrected chi connectivity index (χ3v) is 3.91. The van der Waals surface area contributed by atoms with E-state index >= 15 is 0 Å². The summed E-state index contributed by atoms with van der Waals surface area (Å²) in [7, 11) is 0. The summed E-state index contributed by atoms with van der Waals surface area (Å²) in [6.07, 6.45) is -0.258. The Labute approximate surface area is 120 Å². The van der Waals surface area contributed by atoms with Gasteiger partial charge in [0.25, 0.3) is 5.89 Å². The molecule has 0 spiro atoms. The van der Waals surface area contributed by atoms with Crippen molar-refractivity contribution in [2.24, 2.45) is 0 Å². The number of carboxylic acid groups (broad SMARTS) is 1. The number of hydrogen-bond donors (Lipinski definition) is 1. The molecule has 1 amide bonds. The lowest BCUT2D eigenvalue weighted by molar-refractivity contribution is 0.0703. The summed E-state index contributed by atoms with van der Waals surface area (Å²) < 4.78 is 5.23. The Kier molecular flexibility index (Phi) is 3.10. The van der Waals surface area contributed by atoms with Crippen LogP contribution in [0.25, 0.3) is 11.5 Å². The van der Waals surface area contributed by atoms with Crippen molar-refractivity contribution in [3.8, 4) is 11.5 Å². The van der Waals surface area contributed by atoms with Gasteiger partial charge in [-0.3, -0.25) is 4.90 Å². The highest BCUT2D eigenvalue weighted by Gasteiger charge is 2.36. The Bertz CT molecular complexity index is 671. The highest BCUT2D eigenvalue weighted by Crippen LogP contribution is 2.33. The molecule has 1 atom stereocenters. The Hall–Kier alpha value is -2.08. The molecule has 0 bridgehead atoms. The van der Waals surface area contributed by atoms with Gasteiger partial charge in [0.15, 0.2) is 5.82 Å². The van der Waals surface area contributed by atoms with Crippen LogP contribution in [0.1, 0.15) is 23.9 Å². The van der Waals surface area contributed by atoms with Crippen molar-refractivity contribution < 1.29 is 14.4 Å². The standard InChI is InChI=1S/C13H12ClN3O3/c1-7-8(3-2-4-9(7)14)12-15-11(16-20-12)10-5-6-17(10)13(18)19/h2-4,10H,5-6H2,1H3,(H,18,19). The third-order valence-electron chi connectivity index (χ3n) is 3.50. The van der Waals surface area contributed by atoms with Crippen LogP contribution in [0.4, 0.5) is 4.79 Å². The molecule has 20 heavy (non-hydrogen) atoms. The molecule has 0 aliphatic carbocycles. The van der Waals surface area contributed by atoms with Gasteiger partial charge in [-0.15, -0.1) is 0 Å². The van der Waals surface area contributed by atoms with E-state index in [9.17, 15) is 4.79 Å². The summed E-state index contributed by atoms with van der Waals surface area (Å²) in [6.45, 7) is 2.37. The van der Waals surface area contributed by atoms with Gasteiger partial charge in [-0.05, 0) is 31.0 Å². The van der Waals surface area contributed by atoms with Crippen LogP contribution >= 0.6 is 11.6 Å². The monoisotopic (exact) mass is 293 g/mol. The Morgan fingerprint density at radius 2 is 2.35 bits per heavy atom. The van der Waals surface area contributed by atoms with Crippen molar-refractivity contribution in [1.82, 2.24) is 15.0 Å². The lowest BCUT2D eigenvalue weighted by Crippen LogP contribution is -2.44. The molecule has 0 saturated carbocycles. The zero-order valence-electron chi connectivity index (χ0n) is 10.7. The lowest BCUT2D eigenvalue weighted by Gasteiger charge is -2.36. The van der Waals surface area contributed by atoms with E-state index in [1.54, 1.807) is 12.1 Å². The fourth-order valence-corrected chi connectivity index (χ4v) is 2.38. The van der Waals surface area contributed by atoms with Crippen molar-refractivity contribution in [2.75, 3.05) is 6.54 Å². The molecule has 104 valence electrons. The maximum absolute atomic E-state index is 11.0. The second kappa shape index (κ2) is 4.79. The second-order valence-corrected chi connectivity index (χ2v) is 5.06. The Morgan fingerprint density at radius 3 is 3.00 bits per heavy atom. The van der Waals surface area contributed by atoms with E-state index in [2.05, 4.69) is 10.1 Å². The van der Waals surface area contributed by atoms with Crippen LogP contribution in [-0.4, -0.2) is 32.8 Å². The topological polar surface area (TPSA) is 79.5 Å². The third kappa shape index (κ3) is 2.02. The van der Waals surface area contributed by atoms with Crippen molar-refractivity contribution >= 4 is 17.7 Å². The smallest absolute Gasteiger partial charge is 0.407 e. The minimum Gasteiger partial charge on any atom is -0.465 e. The highest BCUT2D eigenvalue weighted by atomic mass is 35.5. The number of amides is 1. The summed E-state index contributed by atoms with van der Waals surface area (Å²) in [5.74, 6) is 0.755. The van der Waals surface area contributed by atoms with Gasteiger partial charge in [-0.2, -0.15) is 4.98 Å². The number of aromatic nitrogens is 2. The van der Waals surface area contributed by atoms with Crippen LogP contribution in [0.5, 0.6) is 0 Å². The molecule has 1 fully saturated rings. The predicted octanol–water partition coefficient (Wildman–Crippen LogP) is 3.12. The molecular weight excluding hydrogens is 282 g/mol. The second-order valence-electron chi connectivity index (χ2n) is 4.65. The first-order chi connectivity index (χ1) is 9.58. The Balaban J connectivity index is 1.91. The van der Waals surface area contributed by atoms with Crippen LogP contribution in [0, 0.1) is 6.92 Å². The van der Waals surface area contributed by atoms with Crippen molar-refractivity contribution in [3.05, 3.63) is 34.6 Å². The number of benzene rings is 1. The maximum Gasteiger partial charge on any atom is 0.407 e. The molecule has 1 aliphatic heterocycles. The van der Waals surface area contributed by atoms with Crippen molar-refractivity contribution in [1.29, 1.82) is 0 Å². The first-order valence-electron chi connectivity index (χ1n) is 6.16. The molecule has 1 aliphatic rings. The predicted molar refractivity (Wildman–Crippen MR) is 71.6 cm³/mol. The zero-order valence-corrected chi connectivity index (χ0v) is 11.5. The van der Waals surface area contributed by atoms with Crippen molar-refractivity contribution in [2.45, 2.75) is 19.4 Å². The molecule has 1 N–H and O–H groups in total. The minimum absolute atomic E-state index is 0.315. The highest BCUT2D eigenvalue weighted by molar-refractivity contribution is 6.31. The lowest BCUT2D eigenvalue weighted by atomic mass is 10.0. The van der Waals surface area contributed by atoms with Gasteiger partial charge in [0, 0.05) is 17.1 Å². The van der Waals surface area contributed by atoms with Crippen LogP contribution in [0.2, 0.25) is 5.02 Å². The van der Waals surface area contributed by atoms with Gasteiger partial charge in [-0.25, -0.2) is 4.79 Å². The van der Waals surface area contributed by atoms with Gasteiger partial charge in [-0.1, -0.05) is 22.8 Å². The zero-order chi connectivity index (χ0) is 14.3. The number of carbonyl (C=O) groups is 1. The number of nitrogens with zero attached hydrogens (tertiary/aromatic N) is 3. The average molecular weight is 294 g/mol. The normalized spacial score (nSPS) is 17.9. The summed E-state index contributed by atoms with van der Waals surface area (Å²) in [6, 6.07) is 5.12. The largest absolute Gasteiger partial charge is 0.465 e. The Morgan fingerprint density at radius 1 is 1.55 bits per heavy atom. The summed E-state index contributed by atoms with van der Waals surface area (Å²) in [4.78, 5) is 16.5. The molecule has 2 aromatic rings. The number of likely N-dealkylation sites (tertiary alicyclic amines) is 1. The maximum atomic E-state index is 11.0. The fraction of sp³-hybridized carbons (Fsp3) is 0.308. The molecule has 7 heteroatoms. The van der Waals surface area contributed by atoms with E-state index in [0.717, 1.165) is 11.1 Å². The fourth-order valence-electron chi connectivity index (χ4n) is 2.20. The van der Waals surface area contributed by atoms with Crippen LogP contribution in [0.3, 0.4) is 0 Å². The van der Waals surface area contributed by atoms with Gasteiger partial charge in [0.2, 0.25) is 0 Å². The van der Waals surface area contributed by atoms with Crippen LogP contribution in [0.15, 0.2) is 22.7 Å². The van der Waals surface area contributed by atoms with Gasteiger partial charge >= 0.3 is 6.09 Å². The number of hydrogen-bond acceptors (Lipinski definition) is 4. The SMILES string of the molecule is Cc1c(Cl)cccc1-c1nc(C2CCN2C(=O)O)no1. The quantitative estimate of drug-likeness (QED) is 0.920. The summed E-state index contributed by atoms with van der Waals surface area (Å²) >= 11 is 6.06. The molecule has 1 unspecified atom stereocenters. The molecule has 3 rings (SSSR count). The molecule has 2 heterocycles. The van der Waals surface area contributed by atoms with Gasteiger partial charge < -0.3 is 9.63 Å². The van der Waals surface area contributed by atoms with E-state index in [-0.39, 0.29) is 6.04 Å². The molecule has 0 radical (unpaired) electrons. The average Bonchev–Trinajstić information content (AvgIpc) is 2.79. The first-order valence-corrected chi connectivity index (χ1v) is 6.54. The molecule has 6 nitrogen and oxygen atoms in total. The molecular formula is C13H12ClN3O3. The van der Waals surface area contributed by atoms with E-state index in [1.165, 1.54) is 4.90 Å². The minimum atomic E-state index is -0.966. The number of rotatable bonds is 2. The van der Waals surface area contributed by atoms with Crippen molar-refractivity contribution in [3.63, 3.8) is 0 Å². The van der Waals surface area contributed by atoms with Crippen LogP contribution in [-0.2, 0) is 0 Å². The van der Waals surface area contributed by atoms with E-state index in [0.29, 0.717) is 29.7 Å². The van der Waals surface area contributed by atoms with E-state index < -0.39 is 6.09 Å². The van der Waals surface area contributed by atoms with E-state index in [4.69, 9.17) is 21.2 Å². The number of halogens is 1. The molecule has 1 aromatic carbocycles. The van der Waals surface area contributed by atoms with Gasteiger partial charge in [0.1, 0.15) is 6.04 Å². The first kappa shape index (κ1) is 12.9. The molecule has 1 saturated heterocycles. The van der Waals surface area contributed by atoms with Gasteiger partial charge in [0.05, 0.1) is 0 Å². The summed E-state index contributed by atoms with van der Waals surface area (Å²) in [5.41, 5.74) is 1.62. The summed E-state index contributed by atoms with van der Waals surface area (Å²) in [5, 5.41) is 13.5. The van der Waals surface area contributed by atoms with Crippen LogP contribution < -0.4 is 0 Å².